The van der Waals surface area contributed by atoms with E-state index in [0.29, 0.717) is 16.6 Å². The first-order valence-electron chi connectivity index (χ1n) is 12.7. The second-order valence-corrected chi connectivity index (χ2v) is 11.7. The fourth-order valence-corrected chi connectivity index (χ4v) is 5.57. The van der Waals surface area contributed by atoms with Crippen LogP contribution in [0.25, 0.3) is 10.9 Å². The van der Waals surface area contributed by atoms with Crippen molar-refractivity contribution in [2.24, 2.45) is 0 Å². The number of rotatable bonds is 15. The molecule has 4 N–H and O–H groups in total. The van der Waals surface area contributed by atoms with Crippen LogP contribution in [-0.4, -0.2) is 79.1 Å². The Morgan fingerprint density at radius 2 is 1.85 bits per heavy atom. The van der Waals surface area contributed by atoms with Gasteiger partial charge in [-0.2, -0.15) is 0 Å². The van der Waals surface area contributed by atoms with Gasteiger partial charge in [0.25, 0.3) is 5.24 Å². The molecule has 14 heteroatoms. The summed E-state index contributed by atoms with van der Waals surface area (Å²) in [5.41, 5.74) is 1.01. The lowest BCUT2D eigenvalue weighted by Crippen LogP contribution is -2.40. The number of benzene rings is 1. The number of aromatic nitrogens is 1. The number of nitrogens with one attached hydrogen (secondary N) is 1. The molecule has 0 saturated carbocycles. The highest BCUT2D eigenvalue weighted by Crippen LogP contribution is 2.39. The molecule has 11 nitrogen and oxygen atoms in total. The molecule has 2 amide bonds. The number of anilines is 1. The average molecular weight is 587 g/mol. The van der Waals surface area contributed by atoms with Crippen LogP contribution in [0.15, 0.2) is 30.5 Å². The number of amides is 2. The Hall–Kier alpha value is -2.57. The van der Waals surface area contributed by atoms with Gasteiger partial charge < -0.3 is 25.1 Å². The second-order valence-electron chi connectivity index (χ2n) is 8.99. The molecule has 0 aliphatic heterocycles. The van der Waals surface area contributed by atoms with Gasteiger partial charge in [-0.3, -0.25) is 24.0 Å². The molecular weight excluding hydrogens is 550 g/mol. The van der Waals surface area contributed by atoms with Crippen molar-refractivity contribution in [1.29, 1.82) is 0 Å². The Kier molecular flexibility index (Phi) is 12.8. The van der Waals surface area contributed by atoms with Crippen LogP contribution in [0.2, 0.25) is 0 Å². The zero-order valence-corrected chi connectivity index (χ0v) is 24.0. The van der Waals surface area contributed by atoms with Crippen LogP contribution in [0.5, 0.6) is 0 Å². The van der Waals surface area contributed by atoms with E-state index in [1.54, 1.807) is 17.0 Å². The topological polar surface area (TPSA) is 160 Å². The normalized spacial score (nSPS) is 13.3. The van der Waals surface area contributed by atoms with Crippen molar-refractivity contribution >= 4 is 53.1 Å². The fraction of sp³-hybridized carbons (Fsp3) is 0.520. The number of pyridine rings is 1. The van der Waals surface area contributed by atoms with E-state index in [1.165, 1.54) is 18.3 Å². The number of hydrogen-bond acceptors (Lipinski definition) is 7. The van der Waals surface area contributed by atoms with Gasteiger partial charge in [0.15, 0.2) is 0 Å². The van der Waals surface area contributed by atoms with E-state index < -0.39 is 31.1 Å². The highest BCUT2D eigenvalue weighted by Gasteiger charge is 2.37. The Bertz CT molecular complexity index is 1190. The van der Waals surface area contributed by atoms with Crippen molar-refractivity contribution in [2.75, 3.05) is 30.3 Å². The quantitative estimate of drug-likeness (QED) is 0.177. The van der Waals surface area contributed by atoms with Crippen LogP contribution >= 0.6 is 19.4 Å². The molecule has 0 bridgehead atoms. The van der Waals surface area contributed by atoms with Crippen LogP contribution in [0.1, 0.15) is 46.5 Å². The molecule has 39 heavy (non-hydrogen) atoms. The molecule has 0 saturated heterocycles. The van der Waals surface area contributed by atoms with Crippen molar-refractivity contribution in [3.63, 3.8) is 0 Å². The summed E-state index contributed by atoms with van der Waals surface area (Å²) in [6, 6.07) is 5.72. The number of fused-ring (bicyclic) bond motifs is 1. The van der Waals surface area contributed by atoms with Crippen LogP contribution in [0, 0.1) is 5.82 Å². The number of carbonyl (C=O) groups excluding carboxylic acids is 2. The summed E-state index contributed by atoms with van der Waals surface area (Å²) in [4.78, 5) is 62.9. The second kappa shape index (κ2) is 15.3. The first-order valence-corrected chi connectivity index (χ1v) is 15.4. The first kappa shape index (κ1) is 32.6. The van der Waals surface area contributed by atoms with Crippen LogP contribution in [0.4, 0.5) is 14.9 Å². The first-order chi connectivity index (χ1) is 18.4. The molecule has 0 radical (unpaired) electrons. The fourth-order valence-electron chi connectivity index (χ4n) is 4.09. The summed E-state index contributed by atoms with van der Waals surface area (Å²) < 4.78 is 25.1. The van der Waals surface area contributed by atoms with E-state index >= 15 is 0 Å². The Morgan fingerprint density at radius 3 is 2.46 bits per heavy atom. The molecule has 1 aromatic heterocycles. The smallest absolute Gasteiger partial charge is 0.359 e. The molecule has 2 unspecified atom stereocenters. The van der Waals surface area contributed by atoms with Gasteiger partial charge in [0.2, 0.25) is 11.7 Å². The predicted octanol–water partition coefficient (Wildman–Crippen LogP) is 4.03. The van der Waals surface area contributed by atoms with E-state index in [0.717, 1.165) is 44.2 Å². The molecule has 216 valence electrons. The molecule has 1 heterocycles. The van der Waals surface area contributed by atoms with Gasteiger partial charge in [-0.25, -0.2) is 9.18 Å². The summed E-state index contributed by atoms with van der Waals surface area (Å²) in [6.07, 6.45) is 3.05. The molecule has 0 fully saturated rings. The minimum absolute atomic E-state index is 0.169. The maximum Gasteiger partial charge on any atom is 0.359 e. The van der Waals surface area contributed by atoms with Crippen LogP contribution < -0.4 is 10.2 Å². The number of carboxylic acids is 1. The van der Waals surface area contributed by atoms with E-state index in [9.17, 15) is 23.3 Å². The molecular formula is C25H36FN4O7PS. The zero-order chi connectivity index (χ0) is 29.2. The number of hydrogen-bond donors (Lipinski definition) is 4. The lowest BCUT2D eigenvalue weighted by Gasteiger charge is -2.30. The largest absolute Gasteiger partial charge is 0.479 e. The van der Waals surface area contributed by atoms with Gasteiger partial charge >= 0.3 is 13.6 Å². The number of aliphatic carboxylic acids is 1. The van der Waals surface area contributed by atoms with Gasteiger partial charge in [0.05, 0.1) is 11.2 Å². The molecule has 0 aliphatic rings. The lowest BCUT2D eigenvalue weighted by molar-refractivity contribution is -0.139. The summed E-state index contributed by atoms with van der Waals surface area (Å²) in [6.45, 7) is 8.87. The van der Waals surface area contributed by atoms with Gasteiger partial charge in [0, 0.05) is 35.9 Å². The third kappa shape index (κ3) is 9.84. The highest BCUT2D eigenvalue weighted by atomic mass is 32.2. The molecule has 2 rings (SSSR count). The number of carboxylic acid groups (broad SMARTS) is 1. The van der Waals surface area contributed by atoms with Gasteiger partial charge in [-0.15, -0.1) is 0 Å². The highest BCUT2D eigenvalue weighted by molar-refractivity contribution is 8.13. The molecule has 0 aliphatic carbocycles. The Labute approximate surface area is 231 Å². The maximum absolute atomic E-state index is 13.8. The number of carbonyl (C=O) groups is 3. The van der Waals surface area contributed by atoms with E-state index in [4.69, 9.17) is 14.9 Å². The van der Waals surface area contributed by atoms with Gasteiger partial charge in [0.1, 0.15) is 5.82 Å². The summed E-state index contributed by atoms with van der Waals surface area (Å²) in [5.74, 6) is -5.23. The number of thioether (sulfide) groups is 1. The number of halogens is 1. The summed E-state index contributed by atoms with van der Waals surface area (Å²) in [7, 11) is -5.07. The summed E-state index contributed by atoms with van der Waals surface area (Å²) in [5, 5.41) is 11.1. The minimum Gasteiger partial charge on any atom is -0.479 e. The van der Waals surface area contributed by atoms with E-state index in [2.05, 4.69) is 23.7 Å². The monoisotopic (exact) mass is 586 g/mol. The predicted molar refractivity (Wildman–Crippen MR) is 149 cm³/mol. The van der Waals surface area contributed by atoms with E-state index in [-0.39, 0.29) is 29.9 Å². The van der Waals surface area contributed by atoms with Crippen molar-refractivity contribution in [3.05, 3.63) is 36.3 Å². The van der Waals surface area contributed by atoms with Crippen LogP contribution in [0.3, 0.4) is 0 Å². The van der Waals surface area contributed by atoms with Gasteiger partial charge in [-0.1, -0.05) is 25.6 Å². The van der Waals surface area contributed by atoms with Crippen molar-refractivity contribution in [2.45, 2.75) is 58.3 Å². The molecule has 2 atom stereocenters. The average Bonchev–Trinajstić information content (AvgIpc) is 2.87. The SMILES string of the molecule is CCN(CC)CCCC(C)N(C(=O)SCCCC(=O)NC(C(=O)O)P(=O)(O)O)c1ccnc2cc(F)ccc12. The maximum atomic E-state index is 13.8. The standard InChI is InChI=1S/C25H36FN4O7PS/c1-4-29(5-2)14-6-8-17(3)30(21-12-13-27-20-16-18(26)10-11-19(20)21)25(34)39-15-7-9-22(31)28-23(24(32)33)38(35,36)37/h10-13,16-17,23H,4-9,14-15H2,1-3H3,(H,28,31)(H,32,33)(H2,35,36,37). The van der Waals surface area contributed by atoms with Crippen LogP contribution in [-0.2, 0) is 14.2 Å². The molecule has 2 aromatic rings. The number of nitrogens with zero attached hydrogens (tertiary/aromatic N) is 3. The van der Waals surface area contributed by atoms with Gasteiger partial charge in [-0.05, 0) is 64.0 Å². The Balaban J connectivity index is 2.12. The van der Waals surface area contributed by atoms with E-state index in [1.807, 2.05) is 12.2 Å². The molecule has 0 spiro atoms. The van der Waals surface area contributed by atoms with Crippen molar-refractivity contribution in [3.8, 4) is 0 Å². The zero-order valence-electron chi connectivity index (χ0n) is 22.2. The minimum atomic E-state index is -5.07. The molecule has 1 aromatic carbocycles. The van der Waals surface area contributed by atoms with Crippen molar-refractivity contribution in [1.82, 2.24) is 15.2 Å². The Morgan fingerprint density at radius 1 is 1.15 bits per heavy atom. The third-order valence-corrected chi connectivity index (χ3v) is 8.17. The lowest BCUT2D eigenvalue weighted by atomic mass is 10.1. The van der Waals surface area contributed by atoms with Crippen molar-refractivity contribution < 1.29 is 38.2 Å². The summed E-state index contributed by atoms with van der Waals surface area (Å²) >= 11 is 0.973. The third-order valence-electron chi connectivity index (χ3n) is 6.21.